The highest BCUT2D eigenvalue weighted by molar-refractivity contribution is 5.91. The van der Waals surface area contributed by atoms with Gasteiger partial charge in [0.1, 0.15) is 22.7 Å². The van der Waals surface area contributed by atoms with Gasteiger partial charge in [-0.2, -0.15) is 0 Å². The molecule has 2 N–H and O–H groups in total. The van der Waals surface area contributed by atoms with Gasteiger partial charge in [-0.15, -0.1) is 0 Å². The van der Waals surface area contributed by atoms with Gasteiger partial charge in [-0.05, 0) is 74.2 Å². The summed E-state index contributed by atoms with van der Waals surface area (Å²) in [5, 5.41) is 0. The molecule has 4 aromatic carbocycles. The molecule has 2 heteroatoms. The van der Waals surface area contributed by atoms with Gasteiger partial charge in [-0.3, -0.25) is 9.80 Å². The van der Waals surface area contributed by atoms with E-state index in [-0.39, 0.29) is 0 Å². The predicted octanol–water partition coefficient (Wildman–Crippen LogP) is 7.23. The summed E-state index contributed by atoms with van der Waals surface area (Å²) in [5.74, 6) is 0. The fraction of sp³-hybridized carbons (Fsp3) is 0.294. The van der Waals surface area contributed by atoms with Crippen molar-refractivity contribution in [2.24, 2.45) is 0 Å². The molecule has 2 atom stereocenters. The van der Waals surface area contributed by atoms with Crippen molar-refractivity contribution in [1.29, 1.82) is 0 Å². The topological polar surface area (TPSA) is 8.88 Å². The van der Waals surface area contributed by atoms with E-state index in [1.54, 1.807) is 0 Å². The number of hydrogen-bond donors (Lipinski definition) is 2. The van der Waals surface area contributed by atoms with Crippen LogP contribution in [0.1, 0.15) is 50.7 Å². The first kappa shape index (κ1) is 23.2. The van der Waals surface area contributed by atoms with Crippen LogP contribution in [0.4, 0.5) is 22.7 Å². The molecule has 0 amide bonds. The van der Waals surface area contributed by atoms with Crippen LogP contribution in [0.3, 0.4) is 0 Å². The maximum Gasteiger partial charge on any atom is 0.144 e. The Kier molecular flexibility index (Phi) is 6.03. The molecule has 0 fully saturated rings. The zero-order valence-corrected chi connectivity index (χ0v) is 22.2. The van der Waals surface area contributed by atoms with Gasteiger partial charge in [-0.1, -0.05) is 49.9 Å². The third kappa shape index (κ3) is 3.80. The molecule has 6 rings (SSSR count). The summed E-state index contributed by atoms with van der Waals surface area (Å²) < 4.78 is 0. The molecule has 2 aliphatic heterocycles. The molecule has 0 aliphatic carbocycles. The molecule has 0 bridgehead atoms. The van der Waals surface area contributed by atoms with Crippen LogP contribution >= 0.6 is 0 Å². The lowest BCUT2D eigenvalue weighted by atomic mass is 9.95. The van der Waals surface area contributed by atoms with E-state index in [0.717, 1.165) is 13.1 Å². The maximum atomic E-state index is 2.45. The van der Waals surface area contributed by atoms with Crippen LogP contribution in [-0.2, 0) is 0 Å². The molecule has 0 aromatic heterocycles. The highest BCUT2D eigenvalue weighted by atomic mass is 15.2. The number of rotatable bonds is 7. The summed E-state index contributed by atoms with van der Waals surface area (Å²) in [6, 6.07) is 28.3. The summed E-state index contributed by atoms with van der Waals surface area (Å²) in [6.45, 7) is 11.3. The minimum absolute atomic E-state index is 1.16. The SMILES string of the molecule is CCCC[NH+]1c2ccc(C)cc2-c2cc(-c3ccc4c(c3)-c3cc(C)ccc3[NH+]4CCCC)ccc21. The van der Waals surface area contributed by atoms with Gasteiger partial charge in [0, 0.05) is 46.5 Å². The van der Waals surface area contributed by atoms with Gasteiger partial charge in [0.15, 0.2) is 0 Å². The molecule has 4 aromatic rings. The van der Waals surface area contributed by atoms with Crippen LogP contribution in [0.5, 0.6) is 0 Å². The quantitative estimate of drug-likeness (QED) is 0.280. The van der Waals surface area contributed by atoms with Crippen molar-refractivity contribution in [3.63, 3.8) is 0 Å². The van der Waals surface area contributed by atoms with E-state index >= 15 is 0 Å². The second-order valence-corrected chi connectivity index (χ2v) is 10.8. The summed E-state index contributed by atoms with van der Waals surface area (Å²) in [7, 11) is 0. The third-order valence-electron chi connectivity index (χ3n) is 8.16. The van der Waals surface area contributed by atoms with E-state index < -0.39 is 0 Å². The summed E-state index contributed by atoms with van der Waals surface area (Å²) in [6.07, 6.45) is 4.94. The average molecular weight is 475 g/mol. The lowest BCUT2D eigenvalue weighted by molar-refractivity contribution is -0.757. The fourth-order valence-electron chi connectivity index (χ4n) is 6.24. The maximum absolute atomic E-state index is 2.45. The number of quaternary nitrogens is 2. The Balaban J connectivity index is 1.44. The van der Waals surface area contributed by atoms with Crippen molar-refractivity contribution in [3.05, 3.63) is 83.9 Å². The Hall–Kier alpha value is -3.20. The summed E-state index contributed by atoms with van der Waals surface area (Å²) >= 11 is 0. The number of aryl methyl sites for hydroxylation is 2. The van der Waals surface area contributed by atoms with Crippen molar-refractivity contribution < 1.29 is 9.80 Å². The smallest absolute Gasteiger partial charge is 0.144 e. The highest BCUT2D eigenvalue weighted by Gasteiger charge is 2.33. The molecule has 0 radical (unpaired) electrons. The Morgan fingerprint density at radius 1 is 0.472 bits per heavy atom. The van der Waals surface area contributed by atoms with Crippen molar-refractivity contribution >= 4 is 22.7 Å². The van der Waals surface area contributed by atoms with Crippen molar-refractivity contribution in [3.8, 4) is 33.4 Å². The molecule has 2 aliphatic rings. The molecule has 2 nitrogen and oxygen atoms in total. The Morgan fingerprint density at radius 3 is 1.22 bits per heavy atom. The number of unbranched alkanes of at least 4 members (excludes halogenated alkanes) is 2. The van der Waals surface area contributed by atoms with Crippen LogP contribution in [0.25, 0.3) is 33.4 Å². The van der Waals surface area contributed by atoms with Gasteiger partial charge in [-0.25, -0.2) is 0 Å². The van der Waals surface area contributed by atoms with Gasteiger partial charge >= 0.3 is 0 Å². The number of hydrogen-bond acceptors (Lipinski definition) is 0. The Bertz CT molecular complexity index is 1340. The first-order valence-electron chi connectivity index (χ1n) is 13.8. The minimum atomic E-state index is 1.16. The summed E-state index contributed by atoms with van der Waals surface area (Å²) in [4.78, 5) is 3.06. The van der Waals surface area contributed by atoms with Crippen molar-refractivity contribution in [2.45, 2.75) is 53.4 Å². The number of benzene rings is 4. The highest BCUT2D eigenvalue weighted by Crippen LogP contribution is 2.43. The van der Waals surface area contributed by atoms with Crippen LogP contribution in [-0.4, -0.2) is 13.1 Å². The molecule has 182 valence electrons. The lowest BCUT2D eigenvalue weighted by Crippen LogP contribution is -3.01. The second-order valence-electron chi connectivity index (χ2n) is 10.8. The van der Waals surface area contributed by atoms with Gasteiger partial charge < -0.3 is 0 Å². The molecule has 0 spiro atoms. The standard InChI is InChI=1S/C34H36N2/c1-5-7-17-35-31-13-9-23(3)19-27(31)29-21-25(11-15-33(29)35)26-12-16-34-30(22-26)28-20-24(4)10-14-32(28)36(34)18-8-6-2/h9-16,19-22H,5-8,17-18H2,1-4H3/p+2. The zero-order chi connectivity index (χ0) is 24.8. The minimum Gasteiger partial charge on any atom is -0.269 e. The molecular weight excluding hydrogens is 436 g/mol. The molecule has 2 heterocycles. The summed E-state index contributed by atoms with van der Waals surface area (Å²) in [5.41, 5.74) is 16.7. The first-order chi connectivity index (χ1) is 17.6. The molecule has 2 unspecified atom stereocenters. The zero-order valence-electron chi connectivity index (χ0n) is 22.2. The number of nitrogens with one attached hydrogen (secondary N) is 2. The largest absolute Gasteiger partial charge is 0.269 e. The number of fused-ring (bicyclic) bond motifs is 6. The van der Waals surface area contributed by atoms with Crippen molar-refractivity contribution in [1.82, 2.24) is 0 Å². The molecule has 0 saturated heterocycles. The van der Waals surface area contributed by atoms with E-state index in [0.29, 0.717) is 0 Å². The van der Waals surface area contributed by atoms with Gasteiger partial charge in [0.05, 0.1) is 13.1 Å². The van der Waals surface area contributed by atoms with E-state index in [1.165, 1.54) is 103 Å². The van der Waals surface area contributed by atoms with Crippen LogP contribution in [0.15, 0.2) is 72.8 Å². The average Bonchev–Trinajstić information content (AvgIpc) is 3.36. The predicted molar refractivity (Wildman–Crippen MR) is 152 cm³/mol. The van der Waals surface area contributed by atoms with Crippen LogP contribution < -0.4 is 9.80 Å². The fourth-order valence-corrected chi connectivity index (χ4v) is 6.24. The van der Waals surface area contributed by atoms with E-state index in [1.807, 2.05) is 0 Å². The Labute approximate surface area is 216 Å². The second kappa shape index (κ2) is 9.35. The lowest BCUT2D eigenvalue weighted by Gasteiger charge is -2.15. The van der Waals surface area contributed by atoms with E-state index in [4.69, 9.17) is 0 Å². The molecule has 0 saturated carbocycles. The molecule has 36 heavy (non-hydrogen) atoms. The molecular formula is C34H38N2+2. The first-order valence-corrected chi connectivity index (χ1v) is 13.8. The van der Waals surface area contributed by atoms with Crippen molar-refractivity contribution in [2.75, 3.05) is 13.1 Å². The van der Waals surface area contributed by atoms with Crippen LogP contribution in [0.2, 0.25) is 0 Å². The van der Waals surface area contributed by atoms with Gasteiger partial charge in [0.25, 0.3) is 0 Å². The van der Waals surface area contributed by atoms with E-state index in [9.17, 15) is 0 Å². The monoisotopic (exact) mass is 474 g/mol. The van der Waals surface area contributed by atoms with Gasteiger partial charge in [0.2, 0.25) is 0 Å². The Morgan fingerprint density at radius 2 is 0.833 bits per heavy atom. The third-order valence-corrected chi connectivity index (χ3v) is 8.16. The van der Waals surface area contributed by atoms with E-state index in [2.05, 4.69) is 100 Å². The normalized spacial score (nSPS) is 17.0. The van der Waals surface area contributed by atoms with Crippen LogP contribution in [0, 0.1) is 13.8 Å².